The molecule has 5 rings (SSSR count). The highest BCUT2D eigenvalue weighted by Gasteiger charge is 2.53. The van der Waals surface area contributed by atoms with Gasteiger partial charge in [0.15, 0.2) is 5.60 Å². The van der Waals surface area contributed by atoms with Crippen molar-refractivity contribution in [1.29, 1.82) is 0 Å². The van der Waals surface area contributed by atoms with Crippen LogP contribution in [-0.2, 0) is 10.3 Å². The van der Waals surface area contributed by atoms with Crippen LogP contribution in [0.25, 0.3) is 0 Å². The Morgan fingerprint density at radius 3 is 1.78 bits per heavy atom. The number of hydrogen-bond acceptors (Lipinski definition) is 5. The minimum absolute atomic E-state index is 0.297. The van der Waals surface area contributed by atoms with E-state index in [0.717, 1.165) is 33.6 Å². The summed E-state index contributed by atoms with van der Waals surface area (Å²) in [5, 5.41) is 0. The summed E-state index contributed by atoms with van der Waals surface area (Å²) in [5.74, 6) is 1.43. The van der Waals surface area contributed by atoms with Crippen molar-refractivity contribution in [3.8, 4) is 11.5 Å². The highest BCUT2D eigenvalue weighted by Crippen LogP contribution is 2.57. The summed E-state index contributed by atoms with van der Waals surface area (Å²) in [4.78, 5) is 17.3. The van der Waals surface area contributed by atoms with Crippen LogP contribution in [0, 0.1) is 0 Å². The fourth-order valence-corrected chi connectivity index (χ4v) is 4.64. The summed E-state index contributed by atoms with van der Waals surface area (Å²) >= 11 is 0. The molecule has 0 amide bonds. The average Bonchev–Trinajstić information content (AvgIpc) is 3.05. The predicted molar refractivity (Wildman–Crippen MR) is 127 cm³/mol. The van der Waals surface area contributed by atoms with E-state index in [4.69, 9.17) is 9.47 Å². The molecule has 2 aliphatic rings. The smallest absolute Gasteiger partial charge is 0.340 e. The monoisotopic (exact) mass is 428 g/mol. The zero-order chi connectivity index (χ0) is 22.8. The summed E-state index contributed by atoms with van der Waals surface area (Å²) < 4.78 is 12.7. The van der Waals surface area contributed by atoms with E-state index in [9.17, 15) is 4.79 Å². The number of carbonyl (C=O) groups is 1. The second-order valence-corrected chi connectivity index (χ2v) is 9.28. The summed E-state index contributed by atoms with van der Waals surface area (Å²) in [6.07, 6.45) is 0. The molecule has 0 radical (unpaired) electrons. The normalized spacial score (nSPS) is 15.0. The van der Waals surface area contributed by atoms with Gasteiger partial charge in [0.25, 0.3) is 0 Å². The predicted octanol–water partition coefficient (Wildman–Crippen LogP) is 5.51. The van der Waals surface area contributed by atoms with Gasteiger partial charge in [-0.05, 0) is 41.8 Å². The van der Waals surface area contributed by atoms with Crippen LogP contribution < -0.4 is 14.5 Å². The van der Waals surface area contributed by atoms with Crippen LogP contribution in [0.15, 0.2) is 54.6 Å². The molecule has 0 bridgehead atoms. The maximum absolute atomic E-state index is 13.2. The van der Waals surface area contributed by atoms with Gasteiger partial charge in [0.05, 0.1) is 5.56 Å². The Kier molecular flexibility index (Phi) is 4.48. The lowest BCUT2D eigenvalue weighted by Gasteiger charge is -2.37. The third kappa shape index (κ3) is 2.80. The van der Waals surface area contributed by atoms with Crippen LogP contribution in [0.5, 0.6) is 11.5 Å². The van der Waals surface area contributed by atoms with E-state index >= 15 is 0 Å². The molecule has 1 spiro atoms. The average molecular weight is 429 g/mol. The fraction of sp³-hybridized carbons (Fsp3) is 0.296. The number of rotatable bonds is 3. The molecule has 5 nitrogen and oxygen atoms in total. The maximum Gasteiger partial charge on any atom is 0.340 e. The number of esters is 1. The Labute approximate surface area is 189 Å². The van der Waals surface area contributed by atoms with Gasteiger partial charge in [-0.2, -0.15) is 0 Å². The Morgan fingerprint density at radius 1 is 0.750 bits per heavy atom. The largest absolute Gasteiger partial charge is 0.456 e. The molecule has 2 aliphatic heterocycles. The minimum atomic E-state index is -1.03. The number of hydrogen-bond donors (Lipinski definition) is 0. The molecule has 3 aromatic rings. The SMILES string of the molecule is CC(C)c1ccc2c(c1)C(=O)OC21c2ccc(N(C)C)cc2Oc2cc(N(C)C)ccc21. The third-order valence-electron chi connectivity index (χ3n) is 6.50. The van der Waals surface area contributed by atoms with Gasteiger partial charge in [-0.1, -0.05) is 26.0 Å². The lowest BCUT2D eigenvalue weighted by molar-refractivity contribution is 0.0224. The first-order valence-corrected chi connectivity index (χ1v) is 10.9. The van der Waals surface area contributed by atoms with Crippen LogP contribution in [0.3, 0.4) is 0 Å². The first kappa shape index (κ1) is 20.4. The molecule has 5 heteroatoms. The van der Waals surface area contributed by atoms with Gasteiger partial charge >= 0.3 is 5.97 Å². The number of anilines is 2. The molecule has 164 valence electrons. The zero-order valence-electron chi connectivity index (χ0n) is 19.4. The highest BCUT2D eigenvalue weighted by molar-refractivity contribution is 5.97. The molecule has 0 aromatic heterocycles. The third-order valence-corrected chi connectivity index (χ3v) is 6.50. The Morgan fingerprint density at radius 2 is 1.28 bits per heavy atom. The van der Waals surface area contributed by atoms with E-state index in [-0.39, 0.29) is 5.97 Å². The van der Waals surface area contributed by atoms with Crippen LogP contribution in [0.1, 0.15) is 52.4 Å². The molecule has 2 heterocycles. The van der Waals surface area contributed by atoms with Crippen molar-refractivity contribution in [3.05, 3.63) is 82.4 Å². The molecule has 0 unspecified atom stereocenters. The topological polar surface area (TPSA) is 42.0 Å². The van der Waals surface area contributed by atoms with Crippen molar-refractivity contribution in [3.63, 3.8) is 0 Å². The van der Waals surface area contributed by atoms with E-state index in [1.54, 1.807) is 0 Å². The molecule has 0 N–H and O–H groups in total. The van der Waals surface area contributed by atoms with Gasteiger partial charge in [0.1, 0.15) is 11.5 Å². The minimum Gasteiger partial charge on any atom is -0.456 e. The molecule has 32 heavy (non-hydrogen) atoms. The second-order valence-electron chi connectivity index (χ2n) is 9.28. The van der Waals surface area contributed by atoms with E-state index in [1.165, 1.54) is 0 Å². The van der Waals surface area contributed by atoms with Crippen molar-refractivity contribution in [1.82, 2.24) is 0 Å². The zero-order valence-corrected chi connectivity index (χ0v) is 19.4. The second kappa shape index (κ2) is 7.02. The first-order valence-electron chi connectivity index (χ1n) is 10.9. The van der Waals surface area contributed by atoms with Gasteiger partial charge in [-0.25, -0.2) is 4.79 Å². The number of benzene rings is 3. The quantitative estimate of drug-likeness (QED) is 0.515. The van der Waals surface area contributed by atoms with E-state index in [0.29, 0.717) is 23.0 Å². The highest BCUT2D eigenvalue weighted by atomic mass is 16.6. The van der Waals surface area contributed by atoms with E-state index < -0.39 is 5.60 Å². The van der Waals surface area contributed by atoms with E-state index in [2.05, 4.69) is 19.9 Å². The van der Waals surface area contributed by atoms with Gasteiger partial charge in [0, 0.05) is 68.4 Å². The molecule has 0 atom stereocenters. The van der Waals surface area contributed by atoms with Crippen molar-refractivity contribution in [2.45, 2.75) is 25.4 Å². The Hall–Kier alpha value is -3.47. The molecule has 0 aliphatic carbocycles. The van der Waals surface area contributed by atoms with Gasteiger partial charge < -0.3 is 19.3 Å². The van der Waals surface area contributed by atoms with Gasteiger partial charge in [-0.15, -0.1) is 0 Å². The Bertz CT molecular complexity index is 1190. The van der Waals surface area contributed by atoms with Gasteiger partial charge in [0.2, 0.25) is 0 Å². The lowest BCUT2D eigenvalue weighted by atomic mass is 9.77. The summed E-state index contributed by atoms with van der Waals surface area (Å²) in [6, 6.07) is 18.3. The van der Waals surface area contributed by atoms with Crippen molar-refractivity contribution < 1.29 is 14.3 Å². The lowest BCUT2D eigenvalue weighted by Crippen LogP contribution is -2.33. The summed E-state index contributed by atoms with van der Waals surface area (Å²) in [5.41, 5.74) is 5.32. The molecule has 3 aromatic carbocycles. The Balaban J connectivity index is 1.81. The first-order chi connectivity index (χ1) is 15.2. The van der Waals surface area contributed by atoms with Crippen LogP contribution in [-0.4, -0.2) is 34.2 Å². The fourth-order valence-electron chi connectivity index (χ4n) is 4.64. The number of carbonyl (C=O) groups excluding carboxylic acids is 1. The number of fused-ring (bicyclic) bond motifs is 6. The number of nitrogens with zero attached hydrogens (tertiary/aromatic N) is 2. The maximum atomic E-state index is 13.2. The van der Waals surface area contributed by atoms with Crippen LogP contribution in [0.2, 0.25) is 0 Å². The van der Waals surface area contributed by atoms with Crippen LogP contribution >= 0.6 is 0 Å². The number of ether oxygens (including phenoxy) is 2. The van der Waals surface area contributed by atoms with Gasteiger partial charge in [-0.3, -0.25) is 0 Å². The molecule has 0 saturated carbocycles. The molecular formula is C27H28N2O3. The molecular weight excluding hydrogens is 400 g/mol. The standard InChI is InChI=1S/C27H28N2O3/c1-16(2)17-7-10-21-20(13-17)26(30)32-27(21)22-11-8-18(28(3)4)14-24(22)31-25-15-19(29(5)6)9-12-23(25)27/h7-16H,1-6H3. The summed E-state index contributed by atoms with van der Waals surface area (Å²) in [6.45, 7) is 4.25. The molecule has 0 saturated heterocycles. The summed E-state index contributed by atoms with van der Waals surface area (Å²) in [7, 11) is 7.99. The van der Waals surface area contributed by atoms with Crippen molar-refractivity contribution in [2.75, 3.05) is 38.0 Å². The molecule has 0 fully saturated rings. The van der Waals surface area contributed by atoms with Crippen LogP contribution in [0.4, 0.5) is 11.4 Å². The van der Waals surface area contributed by atoms with Crippen molar-refractivity contribution in [2.24, 2.45) is 0 Å². The van der Waals surface area contributed by atoms with E-state index in [1.807, 2.05) is 86.5 Å². The van der Waals surface area contributed by atoms with Crippen molar-refractivity contribution >= 4 is 17.3 Å².